The van der Waals surface area contributed by atoms with Crippen LogP contribution in [0, 0.1) is 5.92 Å². The van der Waals surface area contributed by atoms with Crippen LogP contribution in [-0.4, -0.2) is 30.0 Å². The van der Waals surface area contributed by atoms with E-state index in [0.29, 0.717) is 22.5 Å². The minimum absolute atomic E-state index is 0.252. The van der Waals surface area contributed by atoms with Gasteiger partial charge in [-0.25, -0.2) is 4.79 Å². The number of halogens is 1. The van der Waals surface area contributed by atoms with Crippen LogP contribution in [0.15, 0.2) is 22.9 Å². The highest BCUT2D eigenvalue weighted by atomic mass is 79.9. The van der Waals surface area contributed by atoms with Crippen LogP contribution in [0.5, 0.6) is 0 Å². The second kappa shape index (κ2) is 8.12. The molecule has 0 radical (unpaired) electrons. The summed E-state index contributed by atoms with van der Waals surface area (Å²) < 4.78 is 5.67. The summed E-state index contributed by atoms with van der Waals surface area (Å²) in [5.74, 6) is -0.235. The van der Waals surface area contributed by atoms with Crippen molar-refractivity contribution in [2.45, 2.75) is 32.1 Å². The number of ether oxygens (including phenoxy) is 1. The zero-order valence-electron chi connectivity index (χ0n) is 11.8. The number of rotatable bonds is 5. The number of carbonyl (C=O) groups excluding carboxylic acids is 2. The van der Waals surface area contributed by atoms with Crippen molar-refractivity contribution < 1.29 is 14.3 Å². The molecule has 6 heteroatoms. The van der Waals surface area contributed by atoms with Crippen molar-refractivity contribution in [3.63, 3.8) is 0 Å². The number of nitrogens with one attached hydrogen (secondary N) is 1. The summed E-state index contributed by atoms with van der Waals surface area (Å²) >= 11 is 3.23. The summed E-state index contributed by atoms with van der Waals surface area (Å²) in [5.41, 5.74) is 0.324. The molecular formula is C15H19BrN2O3. The van der Waals surface area contributed by atoms with Gasteiger partial charge in [0.15, 0.2) is 6.61 Å². The van der Waals surface area contributed by atoms with Crippen molar-refractivity contribution in [2.24, 2.45) is 5.92 Å². The number of aromatic nitrogens is 1. The standard InChI is InChI=1S/C15H19BrN2O3/c16-13-6-12(8-17-9-13)15(20)21-10-14(19)18-7-11-4-2-1-3-5-11/h6,8-9,11H,1-5,7,10H2,(H,18,19). The van der Waals surface area contributed by atoms with E-state index in [1.165, 1.54) is 38.3 Å². The number of hydrogen-bond acceptors (Lipinski definition) is 4. The molecule has 1 aromatic rings. The van der Waals surface area contributed by atoms with Gasteiger partial charge in [-0.2, -0.15) is 0 Å². The minimum Gasteiger partial charge on any atom is -0.452 e. The van der Waals surface area contributed by atoms with Crippen molar-refractivity contribution in [2.75, 3.05) is 13.2 Å². The molecule has 1 fully saturated rings. The summed E-state index contributed by atoms with van der Waals surface area (Å²) in [4.78, 5) is 27.3. The third kappa shape index (κ3) is 5.46. The topological polar surface area (TPSA) is 68.3 Å². The van der Waals surface area contributed by atoms with Crippen LogP contribution in [0.2, 0.25) is 0 Å². The molecule has 0 saturated heterocycles. The second-order valence-electron chi connectivity index (χ2n) is 5.28. The van der Waals surface area contributed by atoms with Gasteiger partial charge in [0.05, 0.1) is 5.56 Å². The quantitative estimate of drug-likeness (QED) is 0.825. The van der Waals surface area contributed by atoms with Gasteiger partial charge in [0, 0.05) is 23.4 Å². The van der Waals surface area contributed by atoms with Crippen LogP contribution in [0.25, 0.3) is 0 Å². The molecule has 0 spiro atoms. The van der Waals surface area contributed by atoms with E-state index in [9.17, 15) is 9.59 Å². The Bertz CT molecular complexity index is 501. The molecule has 0 bridgehead atoms. The van der Waals surface area contributed by atoms with Crippen LogP contribution in [-0.2, 0) is 9.53 Å². The highest BCUT2D eigenvalue weighted by Crippen LogP contribution is 2.22. The number of nitrogens with zero attached hydrogens (tertiary/aromatic N) is 1. The molecule has 1 saturated carbocycles. The average Bonchev–Trinajstić information content (AvgIpc) is 2.51. The van der Waals surface area contributed by atoms with Gasteiger partial charge in [0.2, 0.25) is 0 Å². The van der Waals surface area contributed by atoms with Gasteiger partial charge < -0.3 is 10.1 Å². The Morgan fingerprint density at radius 1 is 1.29 bits per heavy atom. The van der Waals surface area contributed by atoms with Crippen LogP contribution in [0.4, 0.5) is 0 Å². The Balaban J connectivity index is 1.69. The number of esters is 1. The molecule has 21 heavy (non-hydrogen) atoms. The van der Waals surface area contributed by atoms with Crippen molar-refractivity contribution in [3.05, 3.63) is 28.5 Å². The molecule has 1 heterocycles. The molecule has 1 amide bonds. The molecule has 1 N–H and O–H groups in total. The number of hydrogen-bond donors (Lipinski definition) is 1. The Hall–Kier alpha value is -1.43. The predicted octanol–water partition coefficient (Wildman–Crippen LogP) is 2.70. The van der Waals surface area contributed by atoms with Crippen LogP contribution >= 0.6 is 15.9 Å². The Morgan fingerprint density at radius 3 is 2.76 bits per heavy atom. The summed E-state index contributed by atoms with van der Waals surface area (Å²) in [6.45, 7) is 0.424. The van der Waals surface area contributed by atoms with Gasteiger partial charge in [-0.1, -0.05) is 19.3 Å². The van der Waals surface area contributed by atoms with Gasteiger partial charge in [-0.3, -0.25) is 9.78 Å². The van der Waals surface area contributed by atoms with E-state index in [4.69, 9.17) is 4.74 Å². The first-order valence-electron chi connectivity index (χ1n) is 7.19. The minimum atomic E-state index is -0.545. The maximum absolute atomic E-state index is 11.7. The number of pyridine rings is 1. The van der Waals surface area contributed by atoms with Crippen LogP contribution in [0.3, 0.4) is 0 Å². The molecule has 0 aliphatic heterocycles. The van der Waals surface area contributed by atoms with Gasteiger partial charge in [0.1, 0.15) is 0 Å². The molecule has 114 valence electrons. The second-order valence-corrected chi connectivity index (χ2v) is 6.19. The number of amides is 1. The Kier molecular flexibility index (Phi) is 6.17. The van der Waals surface area contributed by atoms with E-state index in [2.05, 4.69) is 26.2 Å². The van der Waals surface area contributed by atoms with Crippen molar-refractivity contribution in [1.29, 1.82) is 0 Å². The number of carbonyl (C=O) groups is 2. The molecule has 0 atom stereocenters. The van der Waals surface area contributed by atoms with E-state index < -0.39 is 5.97 Å². The Labute approximate surface area is 132 Å². The lowest BCUT2D eigenvalue weighted by Gasteiger charge is -2.21. The maximum Gasteiger partial charge on any atom is 0.340 e. The molecule has 1 aliphatic carbocycles. The molecule has 0 unspecified atom stereocenters. The van der Waals surface area contributed by atoms with Gasteiger partial charge in [0.25, 0.3) is 5.91 Å². The van der Waals surface area contributed by atoms with E-state index in [0.717, 1.165) is 0 Å². The Morgan fingerprint density at radius 2 is 2.05 bits per heavy atom. The normalized spacial score (nSPS) is 15.5. The van der Waals surface area contributed by atoms with Gasteiger partial charge in [-0.05, 0) is 40.8 Å². The molecule has 2 rings (SSSR count). The first kappa shape index (κ1) is 15.9. The van der Waals surface area contributed by atoms with E-state index in [1.54, 1.807) is 12.3 Å². The lowest BCUT2D eigenvalue weighted by Crippen LogP contribution is -2.33. The first-order chi connectivity index (χ1) is 10.1. The lowest BCUT2D eigenvalue weighted by molar-refractivity contribution is -0.124. The fourth-order valence-corrected chi connectivity index (χ4v) is 2.80. The maximum atomic E-state index is 11.7. The summed E-state index contributed by atoms with van der Waals surface area (Å²) in [6, 6.07) is 1.61. The fraction of sp³-hybridized carbons (Fsp3) is 0.533. The van der Waals surface area contributed by atoms with Gasteiger partial charge in [-0.15, -0.1) is 0 Å². The van der Waals surface area contributed by atoms with Crippen molar-refractivity contribution in [1.82, 2.24) is 10.3 Å². The molecule has 5 nitrogen and oxygen atoms in total. The lowest BCUT2D eigenvalue weighted by atomic mass is 9.89. The van der Waals surface area contributed by atoms with Crippen LogP contribution in [0.1, 0.15) is 42.5 Å². The fourth-order valence-electron chi connectivity index (χ4n) is 2.44. The summed E-state index contributed by atoms with van der Waals surface area (Å²) in [5, 5.41) is 2.83. The highest BCUT2D eigenvalue weighted by molar-refractivity contribution is 9.10. The smallest absolute Gasteiger partial charge is 0.340 e. The summed E-state index contributed by atoms with van der Waals surface area (Å²) in [6.07, 6.45) is 9.10. The van der Waals surface area contributed by atoms with E-state index in [1.807, 2.05) is 0 Å². The van der Waals surface area contributed by atoms with Gasteiger partial charge >= 0.3 is 5.97 Å². The third-order valence-electron chi connectivity index (χ3n) is 3.59. The molecule has 1 aromatic heterocycles. The van der Waals surface area contributed by atoms with E-state index in [-0.39, 0.29) is 12.5 Å². The average molecular weight is 355 g/mol. The predicted molar refractivity (Wildman–Crippen MR) is 81.8 cm³/mol. The molecule has 1 aliphatic rings. The third-order valence-corrected chi connectivity index (χ3v) is 4.02. The van der Waals surface area contributed by atoms with E-state index >= 15 is 0 Å². The zero-order valence-corrected chi connectivity index (χ0v) is 13.4. The zero-order chi connectivity index (χ0) is 15.1. The van der Waals surface area contributed by atoms with Crippen molar-refractivity contribution >= 4 is 27.8 Å². The molecular weight excluding hydrogens is 336 g/mol. The van der Waals surface area contributed by atoms with Crippen LogP contribution < -0.4 is 5.32 Å². The highest BCUT2D eigenvalue weighted by Gasteiger charge is 2.15. The largest absolute Gasteiger partial charge is 0.452 e. The van der Waals surface area contributed by atoms with Crippen molar-refractivity contribution in [3.8, 4) is 0 Å². The SMILES string of the molecule is O=C(COC(=O)c1cncc(Br)c1)NCC1CCCCC1. The first-order valence-corrected chi connectivity index (χ1v) is 7.99. The summed E-state index contributed by atoms with van der Waals surface area (Å²) in [7, 11) is 0. The molecule has 0 aromatic carbocycles. The monoisotopic (exact) mass is 354 g/mol.